The average Bonchev–Trinajstić information content (AvgIpc) is 3.81. The number of carboxylic acid groups (broad SMARTS) is 2. The predicted octanol–water partition coefficient (Wildman–Crippen LogP) is 1.39. The van der Waals surface area contributed by atoms with Crippen molar-refractivity contribution in [2.24, 2.45) is 5.16 Å². The highest BCUT2D eigenvalue weighted by Gasteiger charge is 2.54. The molecule has 1 saturated heterocycles. The van der Waals surface area contributed by atoms with Gasteiger partial charge in [0.15, 0.2) is 28.0 Å². The third kappa shape index (κ3) is 8.51. The summed E-state index contributed by atoms with van der Waals surface area (Å²) in [7, 11) is 0. The molecule has 1 aromatic carbocycles. The van der Waals surface area contributed by atoms with Crippen molar-refractivity contribution in [3.63, 3.8) is 0 Å². The van der Waals surface area contributed by atoms with Gasteiger partial charge in [-0.15, -0.1) is 34.9 Å². The molecule has 0 saturated carbocycles. The first-order valence-electron chi connectivity index (χ1n) is 16.3. The number of halogens is 3. The number of hydrogen-bond donors (Lipinski definition) is 8. The number of aromatic carboxylic acids is 1. The van der Waals surface area contributed by atoms with E-state index >= 15 is 0 Å². The van der Waals surface area contributed by atoms with Crippen molar-refractivity contribution in [2.45, 2.75) is 42.1 Å². The number of amides is 4. The fraction of sp³-hybridized carbons (Fsp3) is 0.250. The Morgan fingerprint density at radius 2 is 1.80 bits per heavy atom. The third-order valence-corrected chi connectivity index (χ3v) is 11.4. The van der Waals surface area contributed by atoms with Crippen molar-refractivity contribution < 1.29 is 67.2 Å². The van der Waals surface area contributed by atoms with E-state index in [1.54, 1.807) is 0 Å². The number of phenols is 2. The molecule has 0 radical (unpaired) electrons. The molecule has 2 atom stereocenters. The molecule has 27 heteroatoms. The van der Waals surface area contributed by atoms with Crippen LogP contribution in [0, 0.1) is 0 Å². The molecule has 0 bridgehead atoms. The summed E-state index contributed by atoms with van der Waals surface area (Å²) in [4.78, 5) is 90.3. The summed E-state index contributed by atoms with van der Waals surface area (Å²) in [6, 6.07) is 2.48. The fourth-order valence-electron chi connectivity index (χ4n) is 5.30. The highest BCUT2D eigenvalue weighted by molar-refractivity contribution is 8.01. The van der Waals surface area contributed by atoms with Gasteiger partial charge in [-0.3, -0.25) is 34.9 Å². The minimum Gasteiger partial charge on any atom is -0.504 e. The Bertz CT molecular complexity index is 2510. The topological polar surface area (TPSA) is 313 Å². The van der Waals surface area contributed by atoms with Gasteiger partial charge in [-0.25, -0.2) is 24.1 Å². The first-order valence-corrected chi connectivity index (χ1v) is 19.2. The standard InChI is InChI=1S/C32H27F3N10O11S3/c1-31(2,29(55)42-41-23(48)11-3-4-15(46)16(47)5-11)56-43-19(14-10-59-30(36)38-14)24(49)40-20-25(50)44-21(28(53)54)12(9-58-26(20)44)8-57-18-6-17(32(33,34)35)39-22-13(27(51)52)7-37-45(18)22/h3-7,10,20,26,46-47H,8-9H2,1-2H3,(H2,36,38)(H,40,49)(H,41,48)(H,42,55)(H,51,52)(H,53,54)/t20?,26-/m0/s1. The molecule has 59 heavy (non-hydrogen) atoms. The number of nitrogens with one attached hydrogen (secondary N) is 3. The Morgan fingerprint density at radius 1 is 1.07 bits per heavy atom. The molecule has 1 fully saturated rings. The smallest absolute Gasteiger partial charge is 0.433 e. The number of aromatic nitrogens is 4. The first-order chi connectivity index (χ1) is 27.7. The molecule has 2 aliphatic rings. The van der Waals surface area contributed by atoms with Gasteiger partial charge in [0.25, 0.3) is 23.6 Å². The maximum absolute atomic E-state index is 13.7. The number of β-lactam (4-membered cyclic amide) rings is 1. The average molecular weight is 881 g/mol. The van der Waals surface area contributed by atoms with E-state index < -0.39 is 98.6 Å². The summed E-state index contributed by atoms with van der Waals surface area (Å²) >= 11 is 2.66. The summed E-state index contributed by atoms with van der Waals surface area (Å²) in [6.07, 6.45) is -4.14. The number of carboxylic acids is 2. The van der Waals surface area contributed by atoms with Crippen LogP contribution < -0.4 is 21.9 Å². The summed E-state index contributed by atoms with van der Waals surface area (Å²) in [5.41, 5.74) is 4.32. The number of nitrogens with two attached hydrogens (primary N) is 1. The summed E-state index contributed by atoms with van der Waals surface area (Å²) in [6.45, 7) is 2.46. The van der Waals surface area contributed by atoms with Crippen molar-refractivity contribution >= 4 is 86.9 Å². The first kappa shape index (κ1) is 42.0. The van der Waals surface area contributed by atoms with Gasteiger partial charge in [-0.2, -0.15) is 18.3 Å². The molecule has 2 aliphatic heterocycles. The van der Waals surface area contributed by atoms with Crippen LogP contribution in [0.4, 0.5) is 18.3 Å². The number of carbonyl (C=O) groups is 6. The quantitative estimate of drug-likeness (QED) is 0.0249. The molecule has 0 spiro atoms. The molecule has 310 valence electrons. The SMILES string of the molecule is CC(C)(ON=C(C(=O)NC1C(=O)N2C(C(=O)O)=C(CSc3cc(C(F)(F)F)nc4c(C(=O)O)cnn34)CS[C@@H]12)c1csc(N)n1)C(=O)NNC(=O)c1ccc(O)c(O)c1. The van der Waals surface area contributed by atoms with E-state index in [2.05, 4.69) is 36.4 Å². The third-order valence-electron chi connectivity index (χ3n) is 8.31. The van der Waals surface area contributed by atoms with Crippen LogP contribution in [0.25, 0.3) is 5.65 Å². The second kappa shape index (κ2) is 16.0. The normalized spacial score (nSPS) is 16.9. The highest BCUT2D eigenvalue weighted by Crippen LogP contribution is 2.42. The van der Waals surface area contributed by atoms with E-state index in [0.717, 1.165) is 50.8 Å². The van der Waals surface area contributed by atoms with E-state index in [1.165, 1.54) is 25.3 Å². The van der Waals surface area contributed by atoms with E-state index in [-0.39, 0.29) is 38.5 Å². The second-order valence-electron chi connectivity index (χ2n) is 12.7. The van der Waals surface area contributed by atoms with Crippen LogP contribution in [-0.4, -0.2) is 115 Å². The van der Waals surface area contributed by atoms with E-state index in [0.29, 0.717) is 17.8 Å². The Morgan fingerprint density at radius 3 is 2.42 bits per heavy atom. The van der Waals surface area contributed by atoms with Crippen molar-refractivity contribution in [3.8, 4) is 11.5 Å². The Kier molecular flexibility index (Phi) is 11.4. The van der Waals surface area contributed by atoms with Gasteiger partial charge >= 0.3 is 18.1 Å². The number of rotatable bonds is 12. The fourth-order valence-corrected chi connectivity index (χ4v) is 8.34. The summed E-state index contributed by atoms with van der Waals surface area (Å²) in [5.74, 6) is -8.26. The number of alkyl halides is 3. The predicted molar refractivity (Wildman–Crippen MR) is 199 cm³/mol. The van der Waals surface area contributed by atoms with Crippen LogP contribution >= 0.6 is 34.9 Å². The molecule has 21 nitrogen and oxygen atoms in total. The number of hydrazine groups is 1. The number of thioether (sulfide) groups is 2. The number of aromatic hydroxyl groups is 2. The number of aliphatic carboxylic acids is 1. The molecule has 5 heterocycles. The Hall–Kier alpha value is -6.61. The molecule has 4 amide bonds. The maximum Gasteiger partial charge on any atom is 0.433 e. The van der Waals surface area contributed by atoms with Crippen LogP contribution in [0.5, 0.6) is 11.5 Å². The van der Waals surface area contributed by atoms with Gasteiger partial charge in [0.2, 0.25) is 5.60 Å². The van der Waals surface area contributed by atoms with E-state index in [4.69, 9.17) is 10.6 Å². The van der Waals surface area contributed by atoms with Crippen molar-refractivity contribution in [1.82, 2.24) is 40.7 Å². The number of oxime groups is 1. The molecule has 0 aliphatic carbocycles. The summed E-state index contributed by atoms with van der Waals surface area (Å²) < 4.78 is 41.9. The van der Waals surface area contributed by atoms with Crippen LogP contribution in [0.2, 0.25) is 0 Å². The molecule has 9 N–H and O–H groups in total. The van der Waals surface area contributed by atoms with Gasteiger partial charge in [-0.1, -0.05) is 5.16 Å². The molecular weight excluding hydrogens is 854 g/mol. The van der Waals surface area contributed by atoms with Crippen molar-refractivity contribution in [3.05, 3.63) is 69.6 Å². The Labute approximate surface area is 339 Å². The second-order valence-corrected chi connectivity index (χ2v) is 15.7. The van der Waals surface area contributed by atoms with Gasteiger partial charge in [0.1, 0.15) is 39.1 Å². The number of nitrogen functional groups attached to an aromatic ring is 1. The maximum atomic E-state index is 13.7. The molecule has 4 aromatic rings. The zero-order valence-electron chi connectivity index (χ0n) is 29.8. The molecule has 6 rings (SSSR count). The van der Waals surface area contributed by atoms with E-state index in [1.807, 2.05) is 0 Å². The number of carbonyl (C=O) groups excluding carboxylic acids is 4. The van der Waals surface area contributed by atoms with Crippen molar-refractivity contribution in [1.29, 1.82) is 0 Å². The number of nitrogens with zero attached hydrogens (tertiary/aromatic N) is 6. The van der Waals surface area contributed by atoms with Gasteiger partial charge in [-0.05, 0) is 37.6 Å². The Balaban J connectivity index is 1.16. The van der Waals surface area contributed by atoms with Crippen molar-refractivity contribution in [2.75, 3.05) is 17.2 Å². The largest absolute Gasteiger partial charge is 0.504 e. The molecule has 1 unspecified atom stereocenters. The lowest BCUT2D eigenvalue weighted by atomic mass is 10.0. The highest BCUT2D eigenvalue weighted by atomic mass is 32.2. The van der Waals surface area contributed by atoms with Crippen LogP contribution in [0.3, 0.4) is 0 Å². The number of hydrogen-bond acceptors (Lipinski definition) is 17. The minimum absolute atomic E-state index is 0.00728. The lowest BCUT2D eigenvalue weighted by Crippen LogP contribution is -2.71. The minimum atomic E-state index is -4.96. The zero-order chi connectivity index (χ0) is 43.1. The number of thiazole rings is 1. The number of anilines is 1. The summed E-state index contributed by atoms with van der Waals surface area (Å²) in [5, 5.41) is 48.9. The monoisotopic (exact) mass is 880 g/mol. The van der Waals surface area contributed by atoms with Gasteiger partial charge < -0.3 is 36.3 Å². The van der Waals surface area contributed by atoms with Crippen LogP contribution in [0.1, 0.15) is 46.0 Å². The number of fused-ring (bicyclic) bond motifs is 2. The number of benzene rings is 1. The lowest BCUT2D eigenvalue weighted by molar-refractivity contribution is -0.150. The lowest BCUT2D eigenvalue weighted by Gasteiger charge is -2.49. The zero-order valence-corrected chi connectivity index (χ0v) is 32.2. The van der Waals surface area contributed by atoms with Crippen LogP contribution in [-0.2, 0) is 30.2 Å². The molecule has 3 aromatic heterocycles. The molecular formula is C32H27F3N10O11S3. The van der Waals surface area contributed by atoms with Gasteiger partial charge in [0.05, 0.1) is 6.20 Å². The van der Waals surface area contributed by atoms with Crippen LogP contribution in [0.15, 0.2) is 57.3 Å². The van der Waals surface area contributed by atoms with E-state index in [9.17, 15) is 62.4 Å². The van der Waals surface area contributed by atoms with Gasteiger partial charge in [0, 0.05) is 28.5 Å². The number of phenolic OH excluding ortho intramolecular Hbond substituents is 2.